The number of nitrogens with two attached hydrogens (primary N) is 1. The molecule has 1 aromatic heterocycles. The Morgan fingerprint density at radius 1 is 1.25 bits per heavy atom. The summed E-state index contributed by atoms with van der Waals surface area (Å²) in [5.74, 6) is 0.627. The number of nitrogens with one attached hydrogen (secondary N) is 1. The van der Waals surface area contributed by atoms with Crippen molar-refractivity contribution in [1.82, 2.24) is 4.98 Å². The molecule has 2 aromatic rings. The molecule has 0 unspecified atom stereocenters. The number of anilines is 1. The fourth-order valence-corrected chi connectivity index (χ4v) is 1.52. The minimum atomic E-state index is -0.133. The second kappa shape index (κ2) is 4.10. The Hall–Kier alpha value is -2.23. The van der Waals surface area contributed by atoms with E-state index in [1.807, 2.05) is 12.1 Å². The minimum Gasteiger partial charge on any atom is -0.495 e. The maximum Gasteiger partial charge on any atom is 0.248 e. The summed E-state index contributed by atoms with van der Waals surface area (Å²) in [5, 5.41) is 0. The van der Waals surface area contributed by atoms with Gasteiger partial charge in [-0.05, 0) is 24.3 Å². The zero-order valence-corrected chi connectivity index (χ0v) is 8.86. The van der Waals surface area contributed by atoms with Crippen molar-refractivity contribution in [2.45, 2.75) is 0 Å². The molecule has 16 heavy (non-hydrogen) atoms. The van der Waals surface area contributed by atoms with Gasteiger partial charge < -0.3 is 15.5 Å². The second-order valence-electron chi connectivity index (χ2n) is 3.39. The number of nitrogen functional groups attached to an aromatic ring is 1. The van der Waals surface area contributed by atoms with Crippen LogP contribution in [0.25, 0.3) is 11.3 Å². The van der Waals surface area contributed by atoms with Crippen LogP contribution < -0.4 is 16.0 Å². The molecule has 4 heteroatoms. The van der Waals surface area contributed by atoms with E-state index in [0.717, 1.165) is 11.3 Å². The molecule has 3 N–H and O–H groups in total. The number of benzene rings is 1. The number of hydrogen-bond donors (Lipinski definition) is 2. The highest BCUT2D eigenvalue weighted by Crippen LogP contribution is 2.26. The molecule has 1 heterocycles. The summed E-state index contributed by atoms with van der Waals surface area (Å²) >= 11 is 0. The van der Waals surface area contributed by atoms with Gasteiger partial charge in [-0.1, -0.05) is 6.07 Å². The highest BCUT2D eigenvalue weighted by Gasteiger charge is 2.03. The number of aromatic amines is 1. The van der Waals surface area contributed by atoms with Gasteiger partial charge in [-0.3, -0.25) is 4.79 Å². The Kier molecular flexibility index (Phi) is 2.64. The first-order valence-electron chi connectivity index (χ1n) is 4.84. The summed E-state index contributed by atoms with van der Waals surface area (Å²) in [6.45, 7) is 0. The molecule has 82 valence electrons. The smallest absolute Gasteiger partial charge is 0.248 e. The fourth-order valence-electron chi connectivity index (χ4n) is 1.52. The zero-order chi connectivity index (χ0) is 11.5. The molecule has 0 bridgehead atoms. The highest BCUT2D eigenvalue weighted by molar-refractivity contribution is 5.68. The van der Waals surface area contributed by atoms with Crippen LogP contribution in [0.4, 0.5) is 5.69 Å². The number of ether oxygens (including phenoxy) is 1. The minimum absolute atomic E-state index is 0.133. The van der Waals surface area contributed by atoms with Crippen LogP contribution in [0.3, 0.4) is 0 Å². The van der Waals surface area contributed by atoms with Gasteiger partial charge in [0.15, 0.2) is 0 Å². The molecule has 1 aromatic carbocycles. The van der Waals surface area contributed by atoms with Crippen LogP contribution >= 0.6 is 0 Å². The average Bonchev–Trinajstić information content (AvgIpc) is 2.29. The molecule has 0 aliphatic carbocycles. The van der Waals surface area contributed by atoms with Gasteiger partial charge in [-0.2, -0.15) is 0 Å². The molecule has 0 aliphatic rings. The third-order valence-electron chi connectivity index (χ3n) is 2.31. The van der Waals surface area contributed by atoms with Gasteiger partial charge in [0.2, 0.25) is 5.56 Å². The molecule has 0 spiro atoms. The number of methoxy groups -OCH3 is 1. The molecule has 0 radical (unpaired) electrons. The van der Waals surface area contributed by atoms with E-state index >= 15 is 0 Å². The van der Waals surface area contributed by atoms with Crippen LogP contribution in [-0.2, 0) is 0 Å². The number of pyridine rings is 1. The molecular weight excluding hydrogens is 204 g/mol. The Morgan fingerprint density at radius 2 is 2.06 bits per heavy atom. The van der Waals surface area contributed by atoms with Gasteiger partial charge in [0.25, 0.3) is 0 Å². The van der Waals surface area contributed by atoms with Crippen LogP contribution in [0.1, 0.15) is 0 Å². The van der Waals surface area contributed by atoms with Gasteiger partial charge in [0.05, 0.1) is 12.8 Å². The highest BCUT2D eigenvalue weighted by atomic mass is 16.5. The van der Waals surface area contributed by atoms with Gasteiger partial charge in [-0.25, -0.2) is 0 Å². The Labute approximate surface area is 92.7 Å². The molecule has 0 saturated carbocycles. The van der Waals surface area contributed by atoms with E-state index in [-0.39, 0.29) is 5.56 Å². The van der Waals surface area contributed by atoms with E-state index in [2.05, 4.69) is 4.98 Å². The maximum absolute atomic E-state index is 11.2. The maximum atomic E-state index is 11.2. The van der Waals surface area contributed by atoms with Crippen molar-refractivity contribution in [3.8, 4) is 17.0 Å². The number of hydrogen-bond acceptors (Lipinski definition) is 3. The first-order valence-corrected chi connectivity index (χ1v) is 4.84. The molecular formula is C12H12N2O2. The van der Waals surface area contributed by atoms with Crippen molar-refractivity contribution in [2.75, 3.05) is 12.8 Å². The molecule has 4 nitrogen and oxygen atoms in total. The van der Waals surface area contributed by atoms with Crippen LogP contribution in [-0.4, -0.2) is 12.1 Å². The van der Waals surface area contributed by atoms with Gasteiger partial charge in [0, 0.05) is 17.3 Å². The SMILES string of the molecule is COc1ccc(-c2cccc(=O)[nH]2)cc1N. The number of H-pyrrole nitrogens is 1. The molecule has 0 amide bonds. The largest absolute Gasteiger partial charge is 0.495 e. The van der Waals surface area contributed by atoms with Gasteiger partial charge >= 0.3 is 0 Å². The summed E-state index contributed by atoms with van der Waals surface area (Å²) in [5.41, 5.74) is 7.80. The van der Waals surface area contributed by atoms with E-state index in [0.29, 0.717) is 11.4 Å². The topological polar surface area (TPSA) is 68.1 Å². The quantitative estimate of drug-likeness (QED) is 0.750. The summed E-state index contributed by atoms with van der Waals surface area (Å²) in [7, 11) is 1.57. The lowest BCUT2D eigenvalue weighted by molar-refractivity contribution is 0.417. The third-order valence-corrected chi connectivity index (χ3v) is 2.31. The summed E-state index contributed by atoms with van der Waals surface area (Å²) in [6.07, 6.45) is 0. The fraction of sp³-hybridized carbons (Fsp3) is 0.0833. The zero-order valence-electron chi connectivity index (χ0n) is 8.86. The molecule has 0 atom stereocenters. The van der Waals surface area contributed by atoms with E-state index in [4.69, 9.17) is 10.5 Å². The van der Waals surface area contributed by atoms with Gasteiger partial charge in [-0.15, -0.1) is 0 Å². The molecule has 0 aliphatic heterocycles. The summed E-state index contributed by atoms with van der Waals surface area (Å²) in [6, 6.07) is 10.4. The molecule has 2 rings (SSSR count). The monoisotopic (exact) mass is 216 g/mol. The average molecular weight is 216 g/mol. The number of aromatic nitrogens is 1. The van der Waals surface area contributed by atoms with E-state index in [1.54, 1.807) is 25.3 Å². The van der Waals surface area contributed by atoms with Crippen molar-refractivity contribution in [3.05, 3.63) is 46.8 Å². The Morgan fingerprint density at radius 3 is 2.69 bits per heavy atom. The van der Waals surface area contributed by atoms with E-state index in [1.165, 1.54) is 6.07 Å². The van der Waals surface area contributed by atoms with Crippen molar-refractivity contribution in [3.63, 3.8) is 0 Å². The van der Waals surface area contributed by atoms with Crippen molar-refractivity contribution in [2.24, 2.45) is 0 Å². The van der Waals surface area contributed by atoms with Crippen molar-refractivity contribution in [1.29, 1.82) is 0 Å². The number of rotatable bonds is 2. The first kappa shape index (κ1) is 10.3. The lowest BCUT2D eigenvalue weighted by Crippen LogP contribution is -2.03. The molecule has 0 saturated heterocycles. The summed E-state index contributed by atoms with van der Waals surface area (Å²) < 4.78 is 5.06. The lowest BCUT2D eigenvalue weighted by atomic mass is 10.1. The lowest BCUT2D eigenvalue weighted by Gasteiger charge is -2.06. The van der Waals surface area contributed by atoms with Crippen molar-refractivity contribution < 1.29 is 4.74 Å². The van der Waals surface area contributed by atoms with E-state index in [9.17, 15) is 4.79 Å². The predicted molar refractivity (Wildman–Crippen MR) is 63.5 cm³/mol. The summed E-state index contributed by atoms with van der Waals surface area (Å²) in [4.78, 5) is 13.9. The van der Waals surface area contributed by atoms with Crippen LogP contribution in [0, 0.1) is 0 Å². The van der Waals surface area contributed by atoms with Crippen LogP contribution in [0.5, 0.6) is 5.75 Å². The van der Waals surface area contributed by atoms with Gasteiger partial charge in [0.1, 0.15) is 5.75 Å². The predicted octanol–water partition coefficient (Wildman–Crippen LogP) is 1.63. The Bertz CT molecular complexity index is 561. The second-order valence-corrected chi connectivity index (χ2v) is 3.39. The van der Waals surface area contributed by atoms with Crippen molar-refractivity contribution >= 4 is 5.69 Å². The Balaban J connectivity index is 2.49. The first-order chi connectivity index (χ1) is 7.70. The third kappa shape index (κ3) is 1.91. The standard InChI is InChI=1S/C12H12N2O2/c1-16-11-6-5-8(7-9(11)13)10-3-2-4-12(15)14-10/h2-7H,13H2,1H3,(H,14,15). The normalized spacial score (nSPS) is 10.1. The van der Waals surface area contributed by atoms with E-state index < -0.39 is 0 Å². The van der Waals surface area contributed by atoms with Crippen LogP contribution in [0.2, 0.25) is 0 Å². The molecule has 0 fully saturated rings. The van der Waals surface area contributed by atoms with Crippen LogP contribution in [0.15, 0.2) is 41.2 Å².